The lowest BCUT2D eigenvalue weighted by atomic mass is 9.76. The first-order valence-corrected chi connectivity index (χ1v) is 6.65. The molecule has 0 aliphatic heterocycles. The van der Waals surface area contributed by atoms with Crippen LogP contribution in [0.2, 0.25) is 0 Å². The van der Waals surface area contributed by atoms with Crippen LogP contribution in [-0.4, -0.2) is 27.4 Å². The molecular formula is C12H11BrN2O5. The van der Waals surface area contributed by atoms with Gasteiger partial charge in [0.05, 0.1) is 10.5 Å². The topological polar surface area (TPSA) is 110 Å². The van der Waals surface area contributed by atoms with Crippen LogP contribution in [-0.2, 0) is 4.79 Å². The van der Waals surface area contributed by atoms with Gasteiger partial charge in [0.2, 0.25) is 0 Å². The first kappa shape index (κ1) is 14.4. The second-order valence-electron chi connectivity index (χ2n) is 4.62. The Morgan fingerprint density at radius 3 is 2.50 bits per heavy atom. The minimum absolute atomic E-state index is 0.0479. The number of benzene rings is 1. The number of aliphatic carboxylic acids is 1. The summed E-state index contributed by atoms with van der Waals surface area (Å²) in [6.45, 7) is 0. The molecule has 0 aromatic heterocycles. The number of carboxylic acids is 1. The third kappa shape index (κ3) is 2.51. The van der Waals surface area contributed by atoms with E-state index in [1.807, 2.05) is 0 Å². The fourth-order valence-electron chi connectivity index (χ4n) is 2.01. The molecule has 1 amide bonds. The molecule has 2 N–H and O–H groups in total. The molecule has 1 fully saturated rings. The SMILES string of the molecule is O=C(NC1(C(=O)O)CCC1)c1cc([N+](=O)[O-])ccc1Br. The van der Waals surface area contributed by atoms with E-state index in [1.165, 1.54) is 12.1 Å². The molecule has 0 bridgehead atoms. The molecule has 2 rings (SSSR count). The van der Waals surface area contributed by atoms with E-state index < -0.39 is 22.3 Å². The fraction of sp³-hybridized carbons (Fsp3) is 0.333. The lowest BCUT2D eigenvalue weighted by Crippen LogP contribution is -2.59. The van der Waals surface area contributed by atoms with Gasteiger partial charge in [0, 0.05) is 16.6 Å². The van der Waals surface area contributed by atoms with Gasteiger partial charge in [0.1, 0.15) is 5.54 Å². The average molecular weight is 343 g/mol. The number of carbonyl (C=O) groups excluding carboxylic acids is 1. The number of carbonyl (C=O) groups is 2. The predicted molar refractivity (Wildman–Crippen MR) is 72.5 cm³/mol. The number of nitrogens with one attached hydrogen (secondary N) is 1. The Bertz CT molecular complexity index is 598. The number of hydrogen-bond donors (Lipinski definition) is 2. The van der Waals surface area contributed by atoms with E-state index in [-0.39, 0.29) is 11.3 Å². The van der Waals surface area contributed by atoms with Gasteiger partial charge in [0.25, 0.3) is 11.6 Å². The van der Waals surface area contributed by atoms with Crippen LogP contribution in [0.1, 0.15) is 29.6 Å². The number of amides is 1. The number of nitro groups is 1. The van der Waals surface area contributed by atoms with Crippen molar-refractivity contribution in [2.45, 2.75) is 24.8 Å². The first-order chi connectivity index (χ1) is 9.35. The van der Waals surface area contributed by atoms with Crippen LogP contribution in [0.3, 0.4) is 0 Å². The Balaban J connectivity index is 2.27. The lowest BCUT2D eigenvalue weighted by molar-refractivity contribution is -0.384. The minimum atomic E-state index is -1.25. The minimum Gasteiger partial charge on any atom is -0.480 e. The maximum atomic E-state index is 12.1. The summed E-state index contributed by atoms with van der Waals surface area (Å²) in [7, 11) is 0. The highest BCUT2D eigenvalue weighted by Crippen LogP contribution is 2.33. The Morgan fingerprint density at radius 2 is 2.05 bits per heavy atom. The highest BCUT2D eigenvalue weighted by molar-refractivity contribution is 9.10. The maximum absolute atomic E-state index is 12.1. The average Bonchev–Trinajstić information content (AvgIpc) is 2.33. The Kier molecular flexibility index (Phi) is 3.76. The third-order valence-corrected chi connectivity index (χ3v) is 4.07. The van der Waals surface area contributed by atoms with Crippen LogP contribution in [0.25, 0.3) is 0 Å². The number of rotatable bonds is 4. The number of nitro benzene ring substituents is 1. The molecule has 1 aromatic carbocycles. The van der Waals surface area contributed by atoms with Crippen molar-refractivity contribution in [1.29, 1.82) is 0 Å². The van der Waals surface area contributed by atoms with Gasteiger partial charge >= 0.3 is 5.97 Å². The molecule has 0 atom stereocenters. The molecule has 1 aliphatic rings. The van der Waals surface area contributed by atoms with E-state index in [0.717, 1.165) is 12.5 Å². The Labute approximate surface area is 122 Å². The van der Waals surface area contributed by atoms with Crippen molar-refractivity contribution in [3.05, 3.63) is 38.3 Å². The van der Waals surface area contributed by atoms with Gasteiger partial charge in [0.15, 0.2) is 0 Å². The molecule has 20 heavy (non-hydrogen) atoms. The number of non-ortho nitro benzene ring substituents is 1. The molecule has 1 aromatic rings. The molecule has 0 saturated heterocycles. The van der Waals surface area contributed by atoms with Crippen molar-refractivity contribution >= 4 is 33.5 Å². The zero-order valence-electron chi connectivity index (χ0n) is 10.3. The molecule has 1 aliphatic carbocycles. The van der Waals surface area contributed by atoms with Crippen molar-refractivity contribution in [1.82, 2.24) is 5.32 Å². The fourth-order valence-corrected chi connectivity index (χ4v) is 2.43. The summed E-state index contributed by atoms with van der Waals surface area (Å²) in [6, 6.07) is 3.77. The van der Waals surface area contributed by atoms with Gasteiger partial charge < -0.3 is 10.4 Å². The smallest absolute Gasteiger partial charge is 0.329 e. The third-order valence-electron chi connectivity index (χ3n) is 3.37. The van der Waals surface area contributed by atoms with Crippen molar-refractivity contribution in [3.63, 3.8) is 0 Å². The van der Waals surface area contributed by atoms with Gasteiger partial charge in [-0.15, -0.1) is 0 Å². The monoisotopic (exact) mass is 342 g/mol. The van der Waals surface area contributed by atoms with E-state index in [2.05, 4.69) is 21.2 Å². The molecular weight excluding hydrogens is 332 g/mol. The standard InChI is InChI=1S/C12H11BrN2O5/c13-9-3-2-7(15(19)20)6-8(9)10(16)14-12(11(17)18)4-1-5-12/h2-3,6H,1,4-5H2,(H,14,16)(H,17,18). The molecule has 0 radical (unpaired) electrons. The normalized spacial score (nSPS) is 16.1. The summed E-state index contributed by atoms with van der Waals surface area (Å²) < 4.78 is 0.375. The summed E-state index contributed by atoms with van der Waals surface area (Å²) in [5, 5.41) is 22.3. The first-order valence-electron chi connectivity index (χ1n) is 5.85. The molecule has 0 unspecified atom stereocenters. The van der Waals surface area contributed by atoms with E-state index in [9.17, 15) is 19.7 Å². The summed E-state index contributed by atoms with van der Waals surface area (Å²) >= 11 is 3.13. The number of nitrogens with zero attached hydrogens (tertiary/aromatic N) is 1. The zero-order chi connectivity index (χ0) is 14.9. The van der Waals surface area contributed by atoms with E-state index in [0.29, 0.717) is 17.3 Å². The summed E-state index contributed by atoms with van der Waals surface area (Å²) in [5.41, 5.74) is -1.43. The van der Waals surface area contributed by atoms with Gasteiger partial charge in [-0.3, -0.25) is 14.9 Å². The summed E-state index contributed by atoms with van der Waals surface area (Å²) in [4.78, 5) is 33.4. The predicted octanol–water partition coefficient (Wildman–Crippen LogP) is 2.09. The number of hydrogen-bond acceptors (Lipinski definition) is 4. The molecule has 0 heterocycles. The van der Waals surface area contributed by atoms with Gasteiger partial charge in [-0.1, -0.05) is 0 Å². The molecule has 8 heteroatoms. The molecule has 0 spiro atoms. The van der Waals surface area contributed by atoms with E-state index >= 15 is 0 Å². The van der Waals surface area contributed by atoms with Gasteiger partial charge in [-0.25, -0.2) is 4.79 Å². The number of carboxylic acid groups (broad SMARTS) is 1. The molecule has 1 saturated carbocycles. The highest BCUT2D eigenvalue weighted by atomic mass is 79.9. The van der Waals surface area contributed by atoms with E-state index in [4.69, 9.17) is 5.11 Å². The van der Waals surface area contributed by atoms with Crippen LogP contribution >= 0.6 is 15.9 Å². The van der Waals surface area contributed by atoms with Crippen molar-refractivity contribution in [2.24, 2.45) is 0 Å². The van der Waals surface area contributed by atoms with Crippen LogP contribution in [0.5, 0.6) is 0 Å². The molecule has 7 nitrogen and oxygen atoms in total. The van der Waals surface area contributed by atoms with Crippen LogP contribution in [0, 0.1) is 10.1 Å². The second-order valence-corrected chi connectivity index (χ2v) is 5.47. The Morgan fingerprint density at radius 1 is 1.40 bits per heavy atom. The highest BCUT2D eigenvalue weighted by Gasteiger charge is 2.46. The zero-order valence-corrected chi connectivity index (χ0v) is 11.8. The Hall–Kier alpha value is -1.96. The van der Waals surface area contributed by atoms with E-state index in [1.54, 1.807) is 0 Å². The number of halogens is 1. The second kappa shape index (κ2) is 5.20. The summed E-state index contributed by atoms with van der Waals surface area (Å²) in [6.07, 6.45) is 1.45. The largest absolute Gasteiger partial charge is 0.480 e. The van der Waals surface area contributed by atoms with Crippen molar-refractivity contribution in [3.8, 4) is 0 Å². The van der Waals surface area contributed by atoms with Crippen molar-refractivity contribution < 1.29 is 19.6 Å². The quantitative estimate of drug-likeness (QED) is 0.643. The van der Waals surface area contributed by atoms with Gasteiger partial charge in [-0.2, -0.15) is 0 Å². The maximum Gasteiger partial charge on any atom is 0.329 e. The van der Waals surface area contributed by atoms with Crippen LogP contribution < -0.4 is 5.32 Å². The van der Waals surface area contributed by atoms with Gasteiger partial charge in [-0.05, 0) is 41.3 Å². The van der Waals surface area contributed by atoms with Crippen LogP contribution in [0.15, 0.2) is 22.7 Å². The lowest BCUT2D eigenvalue weighted by Gasteiger charge is -2.38. The summed E-state index contributed by atoms with van der Waals surface area (Å²) in [5.74, 6) is -1.72. The van der Waals surface area contributed by atoms with Crippen LogP contribution in [0.4, 0.5) is 5.69 Å². The van der Waals surface area contributed by atoms with Crippen molar-refractivity contribution in [2.75, 3.05) is 0 Å². The molecule has 106 valence electrons.